The van der Waals surface area contributed by atoms with Gasteiger partial charge in [0.05, 0.1) is 0 Å². The highest BCUT2D eigenvalue weighted by Crippen LogP contribution is 2.26. The number of aryl methyl sites for hydroxylation is 2. The molecule has 1 aliphatic heterocycles. The van der Waals surface area contributed by atoms with Crippen molar-refractivity contribution in [3.8, 4) is 0 Å². The monoisotopic (exact) mass is 280 g/mol. The molecule has 1 atom stereocenters. The van der Waals surface area contributed by atoms with Crippen LogP contribution in [0.5, 0.6) is 0 Å². The molecule has 0 fully saturated rings. The molecule has 1 aliphatic rings. The fraction of sp³-hybridized carbons (Fsp3) is 0.278. The Labute approximate surface area is 125 Å². The number of nitrogens with zero attached hydrogens (tertiary/aromatic N) is 1. The predicted octanol–water partition coefficient (Wildman–Crippen LogP) is 3.38. The number of benzene rings is 2. The predicted molar refractivity (Wildman–Crippen MR) is 86.8 cm³/mol. The normalized spacial score (nSPS) is 16.8. The third kappa shape index (κ3) is 2.77. The summed E-state index contributed by atoms with van der Waals surface area (Å²) >= 11 is 0. The number of carbonyl (C=O) groups excluding carboxylic acids is 1. The molecule has 1 heterocycles. The van der Waals surface area contributed by atoms with Crippen LogP contribution in [0.3, 0.4) is 0 Å². The highest BCUT2D eigenvalue weighted by molar-refractivity contribution is 5.98. The van der Waals surface area contributed by atoms with E-state index in [0.717, 1.165) is 24.2 Å². The van der Waals surface area contributed by atoms with Crippen molar-refractivity contribution in [1.29, 1.82) is 0 Å². The molecule has 2 aromatic rings. The van der Waals surface area contributed by atoms with Crippen molar-refractivity contribution in [3.05, 3.63) is 59.7 Å². The first-order valence-electron chi connectivity index (χ1n) is 7.34. The van der Waals surface area contributed by atoms with Crippen LogP contribution in [0, 0.1) is 6.92 Å². The van der Waals surface area contributed by atoms with Gasteiger partial charge in [-0.25, -0.2) is 0 Å². The van der Waals surface area contributed by atoms with Crippen molar-refractivity contribution in [3.63, 3.8) is 0 Å². The molecular formula is C18H20N2O. The van der Waals surface area contributed by atoms with Gasteiger partial charge in [0.1, 0.15) is 6.04 Å². The molecule has 1 amide bonds. The van der Waals surface area contributed by atoms with Crippen LogP contribution in [0.15, 0.2) is 48.5 Å². The van der Waals surface area contributed by atoms with Crippen molar-refractivity contribution >= 4 is 17.3 Å². The highest BCUT2D eigenvalue weighted by atomic mass is 16.2. The van der Waals surface area contributed by atoms with Gasteiger partial charge in [0.25, 0.3) is 0 Å². The zero-order valence-corrected chi connectivity index (χ0v) is 12.5. The maximum absolute atomic E-state index is 12.7. The Morgan fingerprint density at radius 3 is 2.62 bits per heavy atom. The number of rotatable bonds is 2. The number of nitrogens with one attached hydrogen (secondary N) is 1. The van der Waals surface area contributed by atoms with Gasteiger partial charge >= 0.3 is 0 Å². The van der Waals surface area contributed by atoms with E-state index < -0.39 is 0 Å². The Morgan fingerprint density at radius 2 is 1.86 bits per heavy atom. The summed E-state index contributed by atoms with van der Waals surface area (Å²) in [5, 5.41) is 3.37. The van der Waals surface area contributed by atoms with Crippen molar-refractivity contribution in [2.75, 3.05) is 17.3 Å². The molecule has 21 heavy (non-hydrogen) atoms. The summed E-state index contributed by atoms with van der Waals surface area (Å²) in [5.41, 5.74) is 4.51. The van der Waals surface area contributed by atoms with E-state index in [9.17, 15) is 4.79 Å². The fourth-order valence-corrected chi connectivity index (χ4v) is 2.75. The lowest BCUT2D eigenvalue weighted by atomic mass is 9.97. The van der Waals surface area contributed by atoms with Gasteiger partial charge in [0.15, 0.2) is 0 Å². The Hall–Kier alpha value is -2.29. The first-order valence-corrected chi connectivity index (χ1v) is 7.34. The third-order valence-electron chi connectivity index (χ3n) is 4.10. The zero-order valence-electron chi connectivity index (χ0n) is 12.5. The molecule has 0 aromatic heterocycles. The summed E-state index contributed by atoms with van der Waals surface area (Å²) in [5.74, 6) is 0.119. The van der Waals surface area contributed by atoms with Crippen LogP contribution in [0.1, 0.15) is 17.5 Å². The Bertz CT molecular complexity index is 649. The van der Waals surface area contributed by atoms with Crippen LogP contribution in [0.2, 0.25) is 0 Å². The molecule has 3 rings (SSSR count). The van der Waals surface area contributed by atoms with Gasteiger partial charge in [-0.1, -0.05) is 35.9 Å². The van der Waals surface area contributed by atoms with E-state index in [-0.39, 0.29) is 11.9 Å². The third-order valence-corrected chi connectivity index (χ3v) is 4.10. The number of hydrogen-bond donors (Lipinski definition) is 1. The fourth-order valence-electron chi connectivity index (χ4n) is 2.75. The molecule has 0 spiro atoms. The lowest BCUT2D eigenvalue weighted by molar-refractivity contribution is -0.119. The summed E-state index contributed by atoms with van der Waals surface area (Å²) in [6, 6.07) is 16.1. The van der Waals surface area contributed by atoms with Crippen LogP contribution in [-0.4, -0.2) is 19.0 Å². The Morgan fingerprint density at radius 1 is 1.14 bits per heavy atom. The maximum atomic E-state index is 12.7. The molecule has 1 N–H and O–H groups in total. The average Bonchev–Trinajstić information content (AvgIpc) is 2.54. The molecule has 1 unspecified atom stereocenters. The van der Waals surface area contributed by atoms with Gasteiger partial charge in [-0.2, -0.15) is 0 Å². The summed E-state index contributed by atoms with van der Waals surface area (Å²) < 4.78 is 0. The minimum Gasteiger partial charge on any atom is -0.373 e. The Kier molecular flexibility index (Phi) is 3.65. The molecule has 0 bridgehead atoms. The van der Waals surface area contributed by atoms with Crippen molar-refractivity contribution in [2.24, 2.45) is 0 Å². The smallest absolute Gasteiger partial charge is 0.249 e. The van der Waals surface area contributed by atoms with Gasteiger partial charge in [-0.15, -0.1) is 0 Å². The standard InChI is InChI=1S/C18H20N2O/c1-13-7-10-15(11-8-13)20(2)18(21)17-12-9-14-5-3-4-6-16(14)19-17/h3-8,10-11,17,19H,9,12H2,1-2H3. The summed E-state index contributed by atoms with van der Waals surface area (Å²) in [7, 11) is 1.84. The number of anilines is 2. The van der Waals surface area contributed by atoms with Gasteiger partial charge in [0, 0.05) is 18.4 Å². The number of para-hydroxylation sites is 1. The van der Waals surface area contributed by atoms with Crippen molar-refractivity contribution < 1.29 is 4.79 Å². The number of carbonyl (C=O) groups is 1. The minimum absolute atomic E-state index is 0.119. The number of hydrogen-bond acceptors (Lipinski definition) is 2. The maximum Gasteiger partial charge on any atom is 0.249 e. The molecule has 0 saturated carbocycles. The molecule has 3 nitrogen and oxygen atoms in total. The van der Waals surface area contributed by atoms with Gasteiger partial charge in [0.2, 0.25) is 5.91 Å². The molecule has 0 radical (unpaired) electrons. The Balaban J connectivity index is 1.75. The van der Waals surface area contributed by atoms with Gasteiger partial charge in [-0.05, 0) is 43.5 Å². The van der Waals surface area contributed by atoms with Crippen LogP contribution < -0.4 is 10.2 Å². The second-order valence-corrected chi connectivity index (χ2v) is 5.63. The average molecular weight is 280 g/mol. The van der Waals surface area contributed by atoms with E-state index in [0.29, 0.717) is 0 Å². The largest absolute Gasteiger partial charge is 0.373 e. The minimum atomic E-state index is -0.147. The number of amides is 1. The topological polar surface area (TPSA) is 32.3 Å². The molecule has 108 valence electrons. The quantitative estimate of drug-likeness (QED) is 0.914. The summed E-state index contributed by atoms with van der Waals surface area (Å²) in [4.78, 5) is 14.4. The van der Waals surface area contributed by atoms with Crippen LogP contribution >= 0.6 is 0 Å². The lowest BCUT2D eigenvalue weighted by Crippen LogP contribution is -2.43. The first-order chi connectivity index (χ1) is 10.1. The summed E-state index contributed by atoms with van der Waals surface area (Å²) in [6.45, 7) is 2.05. The first kappa shape index (κ1) is 13.7. The second-order valence-electron chi connectivity index (χ2n) is 5.63. The molecular weight excluding hydrogens is 260 g/mol. The van der Waals surface area contributed by atoms with E-state index in [1.165, 1.54) is 11.1 Å². The van der Waals surface area contributed by atoms with Crippen LogP contribution in [-0.2, 0) is 11.2 Å². The van der Waals surface area contributed by atoms with E-state index in [1.807, 2.05) is 56.4 Å². The van der Waals surface area contributed by atoms with E-state index >= 15 is 0 Å². The lowest BCUT2D eigenvalue weighted by Gasteiger charge is -2.29. The molecule has 0 aliphatic carbocycles. The number of likely N-dealkylation sites (N-methyl/N-ethyl adjacent to an activating group) is 1. The SMILES string of the molecule is Cc1ccc(N(C)C(=O)C2CCc3ccccc3N2)cc1. The van der Waals surface area contributed by atoms with E-state index in [4.69, 9.17) is 0 Å². The zero-order chi connectivity index (χ0) is 14.8. The van der Waals surface area contributed by atoms with Crippen LogP contribution in [0.4, 0.5) is 11.4 Å². The van der Waals surface area contributed by atoms with E-state index in [1.54, 1.807) is 4.90 Å². The second kappa shape index (κ2) is 5.60. The van der Waals surface area contributed by atoms with Crippen molar-refractivity contribution in [2.45, 2.75) is 25.8 Å². The highest BCUT2D eigenvalue weighted by Gasteiger charge is 2.26. The summed E-state index contributed by atoms with van der Waals surface area (Å²) in [6.07, 6.45) is 1.79. The van der Waals surface area contributed by atoms with Crippen molar-refractivity contribution in [1.82, 2.24) is 0 Å². The van der Waals surface area contributed by atoms with Gasteiger partial charge < -0.3 is 10.2 Å². The number of fused-ring (bicyclic) bond motifs is 1. The molecule has 2 aromatic carbocycles. The van der Waals surface area contributed by atoms with Crippen LogP contribution in [0.25, 0.3) is 0 Å². The van der Waals surface area contributed by atoms with Gasteiger partial charge in [-0.3, -0.25) is 4.79 Å². The van der Waals surface area contributed by atoms with E-state index in [2.05, 4.69) is 11.4 Å². The molecule has 0 saturated heterocycles. The molecule has 3 heteroatoms.